The number of nitro groups is 1. The molecule has 2 heterocycles. The quantitative estimate of drug-likeness (QED) is 0.576. The van der Waals surface area contributed by atoms with Crippen LogP contribution in [0.2, 0.25) is 0 Å². The molecule has 1 unspecified atom stereocenters. The maximum absolute atomic E-state index is 12.1. The summed E-state index contributed by atoms with van der Waals surface area (Å²) in [7, 11) is -3.61. The molecule has 10 heteroatoms. The summed E-state index contributed by atoms with van der Waals surface area (Å²) >= 11 is 0. The van der Waals surface area contributed by atoms with Gasteiger partial charge in [0.05, 0.1) is 34.8 Å². The zero-order valence-electron chi connectivity index (χ0n) is 13.6. The van der Waals surface area contributed by atoms with E-state index in [1.165, 1.54) is 12.1 Å². The zero-order valence-corrected chi connectivity index (χ0v) is 14.4. The van der Waals surface area contributed by atoms with Crippen LogP contribution in [0.3, 0.4) is 0 Å². The van der Waals surface area contributed by atoms with Gasteiger partial charge in [0.15, 0.2) is 9.84 Å². The largest absolute Gasteiger partial charge is 0.373 e. The van der Waals surface area contributed by atoms with Gasteiger partial charge in [-0.15, -0.1) is 0 Å². The van der Waals surface area contributed by atoms with Crippen molar-refractivity contribution >= 4 is 21.2 Å². The molecule has 0 spiro atoms. The SMILES string of the molecule is CS(=O)(=O)c1cc([N+](=O)[O-])ccc1N1CCOC(Cn2cccn2)C1. The number of aromatic nitrogens is 2. The van der Waals surface area contributed by atoms with Crippen molar-refractivity contribution in [2.75, 3.05) is 30.9 Å². The molecule has 25 heavy (non-hydrogen) atoms. The Bertz CT molecular complexity index is 866. The van der Waals surface area contributed by atoms with E-state index in [1.54, 1.807) is 10.9 Å². The van der Waals surface area contributed by atoms with E-state index in [0.717, 1.165) is 12.3 Å². The summed E-state index contributed by atoms with van der Waals surface area (Å²) in [6, 6.07) is 5.74. The van der Waals surface area contributed by atoms with E-state index in [2.05, 4.69) is 5.10 Å². The molecule has 0 aliphatic carbocycles. The molecule has 9 nitrogen and oxygen atoms in total. The number of nitro benzene ring substituents is 1. The van der Waals surface area contributed by atoms with Crippen molar-refractivity contribution in [1.29, 1.82) is 0 Å². The lowest BCUT2D eigenvalue weighted by Crippen LogP contribution is -2.44. The highest BCUT2D eigenvalue weighted by molar-refractivity contribution is 7.90. The van der Waals surface area contributed by atoms with Gasteiger partial charge >= 0.3 is 0 Å². The Morgan fingerprint density at radius 2 is 2.24 bits per heavy atom. The van der Waals surface area contributed by atoms with Crippen molar-refractivity contribution in [3.05, 3.63) is 46.8 Å². The van der Waals surface area contributed by atoms with Crippen LogP contribution in [0.25, 0.3) is 0 Å². The Hall–Kier alpha value is -2.46. The second kappa shape index (κ2) is 6.81. The van der Waals surface area contributed by atoms with Crippen LogP contribution in [-0.2, 0) is 21.1 Å². The van der Waals surface area contributed by atoms with E-state index in [-0.39, 0.29) is 16.7 Å². The lowest BCUT2D eigenvalue weighted by atomic mass is 10.2. The van der Waals surface area contributed by atoms with Crippen molar-refractivity contribution in [1.82, 2.24) is 9.78 Å². The zero-order chi connectivity index (χ0) is 18.0. The lowest BCUT2D eigenvalue weighted by molar-refractivity contribution is -0.385. The van der Waals surface area contributed by atoms with E-state index in [1.807, 2.05) is 17.2 Å². The molecule has 0 saturated carbocycles. The summed E-state index contributed by atoms with van der Waals surface area (Å²) < 4.78 is 31.7. The number of sulfone groups is 1. The predicted octanol–water partition coefficient (Wildman–Crippen LogP) is 1.10. The highest BCUT2D eigenvalue weighted by Crippen LogP contribution is 2.30. The Labute approximate surface area is 144 Å². The van der Waals surface area contributed by atoms with E-state index in [0.29, 0.717) is 31.9 Å². The van der Waals surface area contributed by atoms with E-state index in [4.69, 9.17) is 4.74 Å². The van der Waals surface area contributed by atoms with Crippen LogP contribution >= 0.6 is 0 Å². The Kier molecular flexibility index (Phi) is 4.73. The molecule has 3 rings (SSSR count). The van der Waals surface area contributed by atoms with Gasteiger partial charge in [-0.3, -0.25) is 14.8 Å². The maximum Gasteiger partial charge on any atom is 0.270 e. The average Bonchev–Trinajstić information content (AvgIpc) is 3.06. The van der Waals surface area contributed by atoms with Crippen LogP contribution in [0.15, 0.2) is 41.6 Å². The van der Waals surface area contributed by atoms with Crippen LogP contribution in [0.4, 0.5) is 11.4 Å². The Morgan fingerprint density at radius 1 is 1.44 bits per heavy atom. The molecular weight excluding hydrogens is 348 g/mol. The molecular formula is C15H18N4O5S. The fourth-order valence-electron chi connectivity index (χ4n) is 2.84. The van der Waals surface area contributed by atoms with Crippen molar-refractivity contribution < 1.29 is 18.1 Å². The standard InChI is InChI=1S/C15H18N4O5S/c1-25(22,23)15-9-12(19(20)21)3-4-14(15)17-7-8-24-13(10-17)11-18-6-2-5-16-18/h2-6,9,13H,7-8,10-11H2,1H3. The molecule has 1 fully saturated rings. The first-order valence-electron chi connectivity index (χ1n) is 7.67. The van der Waals surface area contributed by atoms with Crippen LogP contribution in [0, 0.1) is 10.1 Å². The highest BCUT2D eigenvalue weighted by Gasteiger charge is 2.27. The molecule has 0 amide bonds. The first kappa shape index (κ1) is 17.4. The van der Waals surface area contributed by atoms with Crippen molar-refractivity contribution in [2.24, 2.45) is 0 Å². The first-order valence-corrected chi connectivity index (χ1v) is 9.56. The highest BCUT2D eigenvalue weighted by atomic mass is 32.2. The minimum absolute atomic E-state index is 0.0403. The molecule has 0 radical (unpaired) electrons. The second-order valence-electron chi connectivity index (χ2n) is 5.85. The van der Waals surface area contributed by atoms with Crippen LogP contribution < -0.4 is 4.90 Å². The first-order chi connectivity index (χ1) is 11.8. The van der Waals surface area contributed by atoms with Crippen molar-refractivity contribution in [3.63, 3.8) is 0 Å². The molecule has 134 valence electrons. The fourth-order valence-corrected chi connectivity index (χ4v) is 3.75. The van der Waals surface area contributed by atoms with Crippen molar-refractivity contribution in [3.8, 4) is 0 Å². The molecule has 0 N–H and O–H groups in total. The monoisotopic (exact) mass is 366 g/mol. The molecule has 2 aromatic rings. The minimum atomic E-state index is -3.61. The van der Waals surface area contributed by atoms with Gasteiger partial charge in [0, 0.05) is 43.9 Å². The molecule has 1 saturated heterocycles. The number of morpholine rings is 1. The third kappa shape index (κ3) is 3.97. The van der Waals surface area contributed by atoms with Crippen molar-refractivity contribution in [2.45, 2.75) is 17.5 Å². The van der Waals surface area contributed by atoms with Gasteiger partial charge in [0.25, 0.3) is 5.69 Å². The van der Waals surface area contributed by atoms with Gasteiger partial charge in [-0.1, -0.05) is 0 Å². The Morgan fingerprint density at radius 3 is 2.88 bits per heavy atom. The number of ether oxygens (including phenoxy) is 1. The fraction of sp³-hybridized carbons (Fsp3) is 0.400. The number of hydrogen-bond donors (Lipinski definition) is 0. The van der Waals surface area contributed by atoms with Gasteiger partial charge < -0.3 is 9.64 Å². The van der Waals surface area contributed by atoms with E-state index >= 15 is 0 Å². The number of non-ortho nitro benzene ring substituents is 1. The van der Waals surface area contributed by atoms with Gasteiger partial charge in [-0.25, -0.2) is 8.42 Å². The van der Waals surface area contributed by atoms with E-state index < -0.39 is 14.8 Å². The second-order valence-corrected chi connectivity index (χ2v) is 7.83. The number of anilines is 1. The van der Waals surface area contributed by atoms with Gasteiger partial charge in [0.1, 0.15) is 0 Å². The van der Waals surface area contributed by atoms with Gasteiger partial charge in [-0.05, 0) is 12.1 Å². The van der Waals surface area contributed by atoms with Crippen LogP contribution in [-0.4, -0.2) is 55.2 Å². The molecule has 1 atom stereocenters. The summed E-state index contributed by atoms with van der Waals surface area (Å²) in [5.41, 5.74) is 0.215. The normalized spacial score (nSPS) is 18.3. The third-order valence-corrected chi connectivity index (χ3v) is 5.11. The lowest BCUT2D eigenvalue weighted by Gasteiger charge is -2.35. The minimum Gasteiger partial charge on any atom is -0.373 e. The number of rotatable bonds is 5. The molecule has 0 bridgehead atoms. The summed E-state index contributed by atoms with van der Waals surface area (Å²) in [4.78, 5) is 12.2. The molecule has 1 aromatic heterocycles. The van der Waals surface area contributed by atoms with Gasteiger partial charge in [0.2, 0.25) is 0 Å². The molecule has 1 aromatic carbocycles. The number of benzene rings is 1. The number of nitrogens with zero attached hydrogens (tertiary/aromatic N) is 4. The number of hydrogen-bond acceptors (Lipinski definition) is 7. The van der Waals surface area contributed by atoms with E-state index in [9.17, 15) is 18.5 Å². The summed E-state index contributed by atoms with van der Waals surface area (Å²) in [5.74, 6) is 0. The van der Waals surface area contributed by atoms with Crippen LogP contribution in [0.1, 0.15) is 0 Å². The predicted molar refractivity (Wildman–Crippen MR) is 90.4 cm³/mol. The summed E-state index contributed by atoms with van der Waals surface area (Å²) in [5, 5.41) is 15.1. The average molecular weight is 366 g/mol. The molecule has 1 aliphatic rings. The van der Waals surface area contributed by atoms with Gasteiger partial charge in [-0.2, -0.15) is 5.10 Å². The topological polar surface area (TPSA) is 108 Å². The Balaban J connectivity index is 1.88. The third-order valence-electron chi connectivity index (χ3n) is 3.98. The maximum atomic E-state index is 12.1. The van der Waals surface area contributed by atoms with Crippen LogP contribution in [0.5, 0.6) is 0 Å². The summed E-state index contributed by atoms with van der Waals surface area (Å²) in [6.07, 6.45) is 4.41. The summed E-state index contributed by atoms with van der Waals surface area (Å²) in [6.45, 7) is 1.97. The molecule has 1 aliphatic heterocycles. The smallest absolute Gasteiger partial charge is 0.270 e.